The first-order valence-electron chi connectivity index (χ1n) is 9.35. The molecule has 3 aromatic rings. The van der Waals surface area contributed by atoms with Crippen LogP contribution in [0.3, 0.4) is 0 Å². The number of furan rings is 1. The van der Waals surface area contributed by atoms with Crippen LogP contribution in [0.25, 0.3) is 11.0 Å². The van der Waals surface area contributed by atoms with Crippen molar-refractivity contribution in [3.63, 3.8) is 0 Å². The molecular weight excluding hydrogens is 422 g/mol. The van der Waals surface area contributed by atoms with Crippen LogP contribution in [0.15, 0.2) is 44.2 Å². The maximum absolute atomic E-state index is 11.8. The summed E-state index contributed by atoms with van der Waals surface area (Å²) in [7, 11) is 0. The number of phenols is 1. The van der Waals surface area contributed by atoms with E-state index in [1.165, 1.54) is 5.56 Å². The van der Waals surface area contributed by atoms with E-state index in [1.807, 2.05) is 6.07 Å². The standard InChI is InChI=1S/C22H20BrNO4/c1-2-27-22(26)13-7-9-14(10-8-13)24-12-16-20-15-5-3-4-6-18(15)28-19(20)11-17(23)21(16)25/h7-12,25H,2-6H2,1H3. The van der Waals surface area contributed by atoms with E-state index in [4.69, 9.17) is 9.15 Å². The largest absolute Gasteiger partial charge is 0.506 e. The molecule has 1 aliphatic carbocycles. The number of aliphatic imine (C=N–C) groups is 1. The molecule has 5 nitrogen and oxygen atoms in total. The average Bonchev–Trinajstić information content (AvgIpc) is 3.07. The molecule has 0 radical (unpaired) electrons. The first kappa shape index (κ1) is 18.7. The fourth-order valence-corrected chi connectivity index (χ4v) is 4.00. The Balaban J connectivity index is 1.72. The Morgan fingerprint density at radius 1 is 1.29 bits per heavy atom. The monoisotopic (exact) mass is 441 g/mol. The summed E-state index contributed by atoms with van der Waals surface area (Å²) in [5.41, 5.74) is 3.74. The molecule has 0 saturated carbocycles. The van der Waals surface area contributed by atoms with E-state index in [-0.39, 0.29) is 11.7 Å². The van der Waals surface area contributed by atoms with E-state index >= 15 is 0 Å². The third kappa shape index (κ3) is 3.44. The Kier molecular flexibility index (Phi) is 5.22. The summed E-state index contributed by atoms with van der Waals surface area (Å²) in [5.74, 6) is 0.801. The number of nitrogens with zero attached hydrogens (tertiary/aromatic N) is 1. The number of benzene rings is 2. The normalized spacial score (nSPS) is 13.8. The van der Waals surface area contributed by atoms with Crippen molar-refractivity contribution in [1.29, 1.82) is 0 Å². The Hall–Kier alpha value is -2.60. The minimum absolute atomic E-state index is 0.147. The molecule has 0 bridgehead atoms. The molecule has 0 fully saturated rings. The summed E-state index contributed by atoms with van der Waals surface area (Å²) in [6, 6.07) is 8.68. The van der Waals surface area contributed by atoms with Gasteiger partial charge in [0.25, 0.3) is 0 Å². The van der Waals surface area contributed by atoms with Crippen molar-refractivity contribution in [2.75, 3.05) is 6.61 Å². The molecule has 0 aliphatic heterocycles. The molecule has 2 aromatic carbocycles. The van der Waals surface area contributed by atoms with E-state index in [2.05, 4.69) is 20.9 Å². The highest BCUT2D eigenvalue weighted by Crippen LogP contribution is 2.40. The number of ether oxygens (including phenoxy) is 1. The molecule has 0 unspecified atom stereocenters. The third-order valence-corrected chi connectivity index (χ3v) is 5.53. The van der Waals surface area contributed by atoms with Gasteiger partial charge in [-0.25, -0.2) is 4.79 Å². The molecule has 0 atom stereocenters. The number of rotatable bonds is 4. The number of aryl methyl sites for hydroxylation is 2. The Labute approximate surface area is 171 Å². The van der Waals surface area contributed by atoms with Gasteiger partial charge in [-0.1, -0.05) is 0 Å². The van der Waals surface area contributed by atoms with Crippen molar-refractivity contribution in [3.8, 4) is 5.75 Å². The molecule has 28 heavy (non-hydrogen) atoms. The SMILES string of the molecule is CCOC(=O)c1ccc(N=Cc2c(O)c(Br)cc3oc4c(c23)CCCC4)cc1. The minimum atomic E-state index is -0.352. The predicted octanol–water partition coefficient (Wildman–Crippen LogP) is 5.71. The van der Waals surface area contributed by atoms with Gasteiger partial charge in [-0.3, -0.25) is 4.99 Å². The van der Waals surface area contributed by atoms with Crippen LogP contribution in [0.5, 0.6) is 5.75 Å². The number of esters is 1. The van der Waals surface area contributed by atoms with Crippen molar-refractivity contribution >= 4 is 44.8 Å². The third-order valence-electron chi connectivity index (χ3n) is 4.93. The number of halogens is 1. The summed E-state index contributed by atoms with van der Waals surface area (Å²) >= 11 is 3.40. The van der Waals surface area contributed by atoms with Crippen molar-refractivity contribution in [2.24, 2.45) is 4.99 Å². The lowest BCUT2D eigenvalue weighted by Gasteiger charge is -2.10. The molecule has 1 N–H and O–H groups in total. The van der Waals surface area contributed by atoms with Gasteiger partial charge >= 0.3 is 5.97 Å². The number of carbonyl (C=O) groups is 1. The fourth-order valence-electron chi connectivity index (χ4n) is 3.58. The van der Waals surface area contributed by atoms with Crippen LogP contribution in [0, 0.1) is 0 Å². The van der Waals surface area contributed by atoms with Gasteiger partial charge in [-0.05, 0) is 72.4 Å². The highest BCUT2D eigenvalue weighted by atomic mass is 79.9. The van der Waals surface area contributed by atoms with Crippen LogP contribution in [0.1, 0.15) is 47.0 Å². The van der Waals surface area contributed by atoms with Crippen molar-refractivity contribution < 1.29 is 19.1 Å². The zero-order valence-electron chi connectivity index (χ0n) is 15.5. The number of carbonyl (C=O) groups excluding carboxylic acids is 1. The van der Waals surface area contributed by atoms with Crippen molar-refractivity contribution in [3.05, 3.63) is 57.3 Å². The predicted molar refractivity (Wildman–Crippen MR) is 112 cm³/mol. The fraction of sp³-hybridized carbons (Fsp3) is 0.273. The Morgan fingerprint density at radius 2 is 2.04 bits per heavy atom. The number of phenolic OH excluding ortho intramolecular Hbond substituents is 1. The molecular formula is C22H20BrNO4. The Morgan fingerprint density at radius 3 is 2.79 bits per heavy atom. The molecule has 6 heteroatoms. The summed E-state index contributed by atoms with van der Waals surface area (Å²) in [6.45, 7) is 2.11. The maximum Gasteiger partial charge on any atom is 0.338 e. The van der Waals surface area contributed by atoms with Gasteiger partial charge in [-0.2, -0.15) is 0 Å². The van der Waals surface area contributed by atoms with Crippen LogP contribution < -0.4 is 0 Å². The summed E-state index contributed by atoms with van der Waals surface area (Å²) in [6.07, 6.45) is 5.76. The van der Waals surface area contributed by atoms with Gasteiger partial charge in [0.2, 0.25) is 0 Å². The molecule has 0 spiro atoms. The smallest absolute Gasteiger partial charge is 0.338 e. The lowest BCUT2D eigenvalue weighted by molar-refractivity contribution is 0.0526. The van der Waals surface area contributed by atoms with Gasteiger partial charge in [0.1, 0.15) is 17.1 Å². The summed E-state index contributed by atoms with van der Waals surface area (Å²) in [4.78, 5) is 16.3. The zero-order valence-corrected chi connectivity index (χ0v) is 17.1. The van der Waals surface area contributed by atoms with Gasteiger partial charge in [0, 0.05) is 29.1 Å². The van der Waals surface area contributed by atoms with E-state index in [0.717, 1.165) is 42.4 Å². The second-order valence-electron chi connectivity index (χ2n) is 6.73. The molecule has 4 rings (SSSR count). The van der Waals surface area contributed by atoms with Crippen LogP contribution in [0.4, 0.5) is 5.69 Å². The first-order valence-corrected chi connectivity index (χ1v) is 10.1. The van der Waals surface area contributed by atoms with Crippen molar-refractivity contribution in [2.45, 2.75) is 32.6 Å². The minimum Gasteiger partial charge on any atom is -0.506 e. The highest BCUT2D eigenvalue weighted by Gasteiger charge is 2.22. The molecule has 1 heterocycles. The van der Waals surface area contributed by atoms with Gasteiger partial charge < -0.3 is 14.3 Å². The summed E-state index contributed by atoms with van der Waals surface area (Å²) < 4.78 is 11.6. The summed E-state index contributed by atoms with van der Waals surface area (Å²) in [5, 5.41) is 11.6. The van der Waals surface area contributed by atoms with E-state index in [0.29, 0.717) is 27.9 Å². The molecule has 1 aliphatic rings. The van der Waals surface area contributed by atoms with Gasteiger partial charge in [0.05, 0.1) is 22.3 Å². The lowest BCUT2D eigenvalue weighted by atomic mass is 9.94. The number of fused-ring (bicyclic) bond motifs is 3. The molecule has 144 valence electrons. The lowest BCUT2D eigenvalue weighted by Crippen LogP contribution is -2.03. The second kappa shape index (κ2) is 7.80. The average molecular weight is 442 g/mol. The van der Waals surface area contributed by atoms with E-state index in [1.54, 1.807) is 37.4 Å². The van der Waals surface area contributed by atoms with Crippen LogP contribution in [-0.4, -0.2) is 23.9 Å². The van der Waals surface area contributed by atoms with Crippen LogP contribution in [0.2, 0.25) is 0 Å². The van der Waals surface area contributed by atoms with Crippen LogP contribution >= 0.6 is 15.9 Å². The Bertz CT molecular complexity index is 1070. The number of aromatic hydroxyl groups is 1. The second-order valence-corrected chi connectivity index (χ2v) is 7.58. The zero-order chi connectivity index (χ0) is 19.7. The van der Waals surface area contributed by atoms with E-state index in [9.17, 15) is 9.90 Å². The highest BCUT2D eigenvalue weighted by molar-refractivity contribution is 9.10. The van der Waals surface area contributed by atoms with Crippen LogP contribution in [-0.2, 0) is 17.6 Å². The maximum atomic E-state index is 11.8. The molecule has 1 aromatic heterocycles. The number of hydrogen-bond donors (Lipinski definition) is 1. The topological polar surface area (TPSA) is 72.0 Å². The van der Waals surface area contributed by atoms with Crippen molar-refractivity contribution in [1.82, 2.24) is 0 Å². The van der Waals surface area contributed by atoms with Gasteiger partial charge in [-0.15, -0.1) is 0 Å². The quantitative estimate of drug-likeness (QED) is 0.415. The molecule has 0 saturated heterocycles. The number of hydrogen-bond acceptors (Lipinski definition) is 5. The molecule has 0 amide bonds. The first-order chi connectivity index (χ1) is 13.6. The van der Waals surface area contributed by atoms with E-state index < -0.39 is 0 Å². The van der Waals surface area contributed by atoms with Gasteiger partial charge in [0.15, 0.2) is 0 Å².